The van der Waals surface area contributed by atoms with Crippen molar-refractivity contribution in [2.45, 2.75) is 63.0 Å². The predicted octanol–water partition coefficient (Wildman–Crippen LogP) is 3.08. The summed E-state index contributed by atoms with van der Waals surface area (Å²) in [6, 6.07) is 8.27. The molecule has 1 saturated carbocycles. The molecule has 1 aliphatic rings. The van der Waals surface area contributed by atoms with Crippen LogP contribution in [-0.2, 0) is 21.3 Å². The fourth-order valence-corrected chi connectivity index (χ4v) is 3.84. The Morgan fingerprint density at radius 1 is 1.33 bits per heavy atom. The third-order valence-corrected chi connectivity index (χ3v) is 5.73. The minimum Gasteiger partial charge on any atom is -0.352 e. The Balaban J connectivity index is 1.87. The Labute approximate surface area is 130 Å². The predicted molar refractivity (Wildman–Crippen MR) is 87.5 cm³/mol. The molecule has 0 heterocycles. The van der Waals surface area contributed by atoms with E-state index < -0.39 is 16.0 Å². The Hall–Kier alpha value is -1.16. The molecule has 0 aliphatic heterocycles. The summed E-state index contributed by atoms with van der Waals surface area (Å²) < 4.78 is 12.4. The van der Waals surface area contributed by atoms with E-state index in [1.165, 1.54) is 19.3 Å². The average Bonchev–Trinajstić information content (AvgIpc) is 2.47. The van der Waals surface area contributed by atoms with E-state index >= 15 is 0 Å². The van der Waals surface area contributed by atoms with Crippen LogP contribution < -0.4 is 5.32 Å². The molecule has 2 atom stereocenters. The molecule has 21 heavy (non-hydrogen) atoms. The second-order valence-electron chi connectivity index (χ2n) is 6.00. The molecule has 2 rings (SSSR count). The van der Waals surface area contributed by atoms with Gasteiger partial charge in [-0.15, -0.1) is 0 Å². The first-order valence-electron chi connectivity index (χ1n) is 7.79. The van der Waals surface area contributed by atoms with Gasteiger partial charge in [-0.25, -0.2) is 0 Å². The van der Waals surface area contributed by atoms with Crippen LogP contribution in [0.1, 0.15) is 50.2 Å². The lowest BCUT2D eigenvalue weighted by Gasteiger charge is -2.24. The smallest absolute Gasteiger partial charge is 0.235 e. The molecule has 1 aromatic carbocycles. The van der Waals surface area contributed by atoms with E-state index in [1.807, 2.05) is 31.2 Å². The van der Waals surface area contributed by atoms with Gasteiger partial charge >= 0.3 is 0 Å². The van der Waals surface area contributed by atoms with Crippen LogP contribution in [0, 0.1) is 6.92 Å². The van der Waals surface area contributed by atoms with Crippen molar-refractivity contribution in [1.29, 1.82) is 0 Å². The van der Waals surface area contributed by atoms with E-state index in [0.29, 0.717) is 5.75 Å². The topological polar surface area (TPSA) is 46.2 Å². The van der Waals surface area contributed by atoms with Crippen LogP contribution in [0.2, 0.25) is 0 Å². The van der Waals surface area contributed by atoms with Gasteiger partial charge < -0.3 is 5.32 Å². The highest BCUT2D eigenvalue weighted by Crippen LogP contribution is 2.18. The molecule has 0 bridgehead atoms. The zero-order valence-corrected chi connectivity index (χ0v) is 13.7. The summed E-state index contributed by atoms with van der Waals surface area (Å²) in [5, 5.41) is 2.61. The van der Waals surface area contributed by atoms with Crippen LogP contribution >= 0.6 is 0 Å². The molecule has 0 saturated heterocycles. The summed E-state index contributed by atoms with van der Waals surface area (Å²) in [7, 11) is -1.17. The maximum absolute atomic E-state index is 12.4. The second kappa shape index (κ2) is 7.74. The second-order valence-corrected chi connectivity index (χ2v) is 7.76. The highest BCUT2D eigenvalue weighted by atomic mass is 32.2. The molecule has 1 aromatic rings. The lowest BCUT2D eigenvalue weighted by molar-refractivity contribution is -0.121. The first-order valence-corrected chi connectivity index (χ1v) is 9.17. The largest absolute Gasteiger partial charge is 0.352 e. The number of amides is 1. The maximum atomic E-state index is 12.4. The summed E-state index contributed by atoms with van der Waals surface area (Å²) in [6.07, 6.45) is 5.75. The van der Waals surface area contributed by atoms with Gasteiger partial charge in [-0.1, -0.05) is 49.1 Å². The number of rotatable bonds is 5. The zero-order valence-electron chi connectivity index (χ0n) is 12.9. The van der Waals surface area contributed by atoms with Gasteiger partial charge in [0.15, 0.2) is 0 Å². The van der Waals surface area contributed by atoms with Crippen molar-refractivity contribution in [3.05, 3.63) is 35.4 Å². The molecule has 1 amide bonds. The molecule has 0 spiro atoms. The number of benzene rings is 1. The molecule has 4 heteroatoms. The molecule has 1 aliphatic carbocycles. The van der Waals surface area contributed by atoms with E-state index in [0.717, 1.165) is 24.0 Å². The summed E-state index contributed by atoms with van der Waals surface area (Å²) >= 11 is 0. The molecule has 2 unspecified atom stereocenters. The normalized spacial score (nSPS) is 19.0. The Kier molecular flexibility index (Phi) is 5.97. The van der Waals surface area contributed by atoms with E-state index in [1.54, 1.807) is 6.92 Å². The van der Waals surface area contributed by atoms with Gasteiger partial charge in [-0.2, -0.15) is 0 Å². The third-order valence-electron chi connectivity index (χ3n) is 4.11. The summed E-state index contributed by atoms with van der Waals surface area (Å²) in [4.78, 5) is 12.2. The van der Waals surface area contributed by atoms with Crippen LogP contribution in [0.5, 0.6) is 0 Å². The monoisotopic (exact) mass is 307 g/mol. The fraction of sp³-hybridized carbons (Fsp3) is 0.588. The van der Waals surface area contributed by atoms with Gasteiger partial charge in [-0.3, -0.25) is 9.00 Å². The van der Waals surface area contributed by atoms with Gasteiger partial charge in [0.05, 0.1) is 0 Å². The quantitative estimate of drug-likeness (QED) is 0.908. The molecule has 0 radical (unpaired) electrons. The Morgan fingerprint density at radius 3 is 2.71 bits per heavy atom. The van der Waals surface area contributed by atoms with E-state index in [2.05, 4.69) is 5.32 Å². The number of nitrogens with one attached hydrogen (secondary N) is 1. The van der Waals surface area contributed by atoms with Crippen LogP contribution in [0.15, 0.2) is 24.3 Å². The summed E-state index contributed by atoms with van der Waals surface area (Å²) in [6.45, 7) is 3.79. The van der Waals surface area contributed by atoms with Crippen molar-refractivity contribution in [1.82, 2.24) is 5.32 Å². The molecule has 0 aromatic heterocycles. The number of hydrogen-bond acceptors (Lipinski definition) is 2. The molecular weight excluding hydrogens is 282 g/mol. The molecule has 3 nitrogen and oxygen atoms in total. The van der Waals surface area contributed by atoms with E-state index in [9.17, 15) is 9.00 Å². The van der Waals surface area contributed by atoms with Crippen molar-refractivity contribution < 1.29 is 9.00 Å². The van der Waals surface area contributed by atoms with Crippen molar-refractivity contribution in [3.8, 4) is 0 Å². The van der Waals surface area contributed by atoms with Crippen LogP contribution in [0.4, 0.5) is 0 Å². The lowest BCUT2D eigenvalue weighted by Crippen LogP contribution is -2.42. The first-order chi connectivity index (χ1) is 10.1. The lowest BCUT2D eigenvalue weighted by atomic mass is 9.95. The van der Waals surface area contributed by atoms with Gasteiger partial charge in [0.25, 0.3) is 0 Å². The highest BCUT2D eigenvalue weighted by Gasteiger charge is 2.23. The number of carbonyl (C=O) groups excluding carboxylic acids is 1. The van der Waals surface area contributed by atoms with Crippen molar-refractivity contribution >= 4 is 16.7 Å². The van der Waals surface area contributed by atoms with E-state index in [4.69, 9.17) is 0 Å². The number of hydrogen-bond donors (Lipinski definition) is 1. The minimum absolute atomic E-state index is 0.0621. The van der Waals surface area contributed by atoms with Gasteiger partial charge in [0, 0.05) is 22.6 Å². The van der Waals surface area contributed by atoms with Crippen molar-refractivity contribution in [2.24, 2.45) is 0 Å². The fourth-order valence-electron chi connectivity index (χ4n) is 2.78. The molecular formula is C17H25NO2S. The van der Waals surface area contributed by atoms with Gasteiger partial charge in [0.2, 0.25) is 5.91 Å². The zero-order chi connectivity index (χ0) is 15.2. The SMILES string of the molecule is Cc1cccc(CS(=O)C(C)C(=O)NC2CCCCC2)c1. The summed E-state index contributed by atoms with van der Waals surface area (Å²) in [5.41, 5.74) is 2.19. The third kappa shape index (κ3) is 4.95. The van der Waals surface area contributed by atoms with Crippen molar-refractivity contribution in [2.75, 3.05) is 0 Å². The number of carbonyl (C=O) groups is 1. The van der Waals surface area contributed by atoms with Crippen LogP contribution in [0.25, 0.3) is 0 Å². The highest BCUT2D eigenvalue weighted by molar-refractivity contribution is 7.85. The molecule has 1 N–H and O–H groups in total. The van der Waals surface area contributed by atoms with Gasteiger partial charge in [-0.05, 0) is 32.3 Å². The van der Waals surface area contributed by atoms with E-state index in [-0.39, 0.29) is 11.9 Å². The van der Waals surface area contributed by atoms with Crippen molar-refractivity contribution in [3.63, 3.8) is 0 Å². The maximum Gasteiger partial charge on any atom is 0.235 e. The molecule has 116 valence electrons. The first kappa shape index (κ1) is 16.2. The molecule has 1 fully saturated rings. The van der Waals surface area contributed by atoms with Crippen LogP contribution in [0.3, 0.4) is 0 Å². The Bertz CT molecular complexity index is 509. The number of aryl methyl sites for hydroxylation is 1. The standard InChI is InChI=1S/C17H25NO2S/c1-13-7-6-8-15(11-13)12-21(20)14(2)17(19)18-16-9-4-3-5-10-16/h6-8,11,14,16H,3-5,9-10,12H2,1-2H3,(H,18,19). The van der Waals surface area contributed by atoms with Gasteiger partial charge in [0.1, 0.15) is 5.25 Å². The minimum atomic E-state index is -1.17. The average molecular weight is 307 g/mol. The van der Waals surface area contributed by atoms with Crippen LogP contribution in [-0.4, -0.2) is 21.4 Å². The summed E-state index contributed by atoms with van der Waals surface area (Å²) in [5.74, 6) is 0.383. The Morgan fingerprint density at radius 2 is 2.05 bits per heavy atom.